The number of hydrogen-bond donors (Lipinski definition) is 1. The highest BCUT2D eigenvalue weighted by Gasteiger charge is 2.40. The first kappa shape index (κ1) is 8.48. The number of aromatic nitrogens is 1. The summed E-state index contributed by atoms with van der Waals surface area (Å²) in [5.41, 5.74) is 1.24. The summed E-state index contributed by atoms with van der Waals surface area (Å²) >= 11 is 0.777. The Bertz CT molecular complexity index is 220. The van der Waals surface area contributed by atoms with Crippen molar-refractivity contribution in [3.8, 4) is 0 Å². The zero-order valence-electron chi connectivity index (χ0n) is 5.17. The Morgan fingerprint density at radius 1 is 1.55 bits per heavy atom. The lowest BCUT2D eigenvalue weighted by Crippen LogP contribution is -2.18. The topological polar surface area (TPSA) is 33.1 Å². The standard InChI is InChI=1S/C5H4F3NOS/c6-5(7,8)4(10)3-1-9-2-11-3/h1-2,4,10H/t4-/m0/s1. The van der Waals surface area contributed by atoms with Crippen molar-refractivity contribution in [3.63, 3.8) is 0 Å². The molecular weight excluding hydrogens is 179 g/mol. The van der Waals surface area contributed by atoms with Crippen molar-refractivity contribution < 1.29 is 18.3 Å². The molecule has 0 bridgehead atoms. The van der Waals surface area contributed by atoms with E-state index in [1.807, 2.05) is 0 Å². The predicted octanol–water partition coefficient (Wildman–Crippen LogP) is 1.74. The third-order valence-electron chi connectivity index (χ3n) is 1.03. The molecule has 0 aliphatic heterocycles. The first-order valence-electron chi connectivity index (χ1n) is 2.65. The van der Waals surface area contributed by atoms with Gasteiger partial charge >= 0.3 is 6.18 Å². The van der Waals surface area contributed by atoms with Crippen LogP contribution in [0.2, 0.25) is 0 Å². The molecule has 0 fully saturated rings. The highest BCUT2D eigenvalue weighted by Crippen LogP contribution is 2.33. The first-order chi connectivity index (χ1) is 5.02. The Kier molecular flexibility index (Phi) is 2.15. The smallest absolute Gasteiger partial charge is 0.379 e. The quantitative estimate of drug-likeness (QED) is 0.719. The van der Waals surface area contributed by atoms with Gasteiger partial charge in [-0.2, -0.15) is 13.2 Å². The van der Waals surface area contributed by atoms with E-state index in [-0.39, 0.29) is 4.88 Å². The normalized spacial score (nSPS) is 14.9. The molecule has 62 valence electrons. The van der Waals surface area contributed by atoms with E-state index in [9.17, 15) is 13.2 Å². The molecule has 0 saturated carbocycles. The van der Waals surface area contributed by atoms with E-state index in [1.165, 1.54) is 5.51 Å². The number of thiazole rings is 1. The molecular formula is C5H4F3NOS. The molecule has 1 atom stereocenters. The Morgan fingerprint density at radius 3 is 2.55 bits per heavy atom. The summed E-state index contributed by atoms with van der Waals surface area (Å²) in [4.78, 5) is 3.23. The van der Waals surface area contributed by atoms with Crippen LogP contribution in [0, 0.1) is 0 Å². The van der Waals surface area contributed by atoms with Crippen LogP contribution in [0.3, 0.4) is 0 Å². The summed E-state index contributed by atoms with van der Waals surface area (Å²) in [6.45, 7) is 0. The number of aliphatic hydroxyl groups excluding tert-OH is 1. The molecule has 1 aromatic heterocycles. The highest BCUT2D eigenvalue weighted by atomic mass is 32.1. The molecule has 2 nitrogen and oxygen atoms in total. The monoisotopic (exact) mass is 183 g/mol. The number of hydrogen-bond acceptors (Lipinski definition) is 3. The lowest BCUT2D eigenvalue weighted by Gasteiger charge is -2.11. The lowest BCUT2D eigenvalue weighted by molar-refractivity contribution is -0.205. The highest BCUT2D eigenvalue weighted by molar-refractivity contribution is 7.09. The minimum atomic E-state index is -4.59. The Labute approximate surface area is 64.3 Å². The predicted molar refractivity (Wildman–Crippen MR) is 33.1 cm³/mol. The van der Waals surface area contributed by atoms with E-state index in [2.05, 4.69) is 4.98 Å². The van der Waals surface area contributed by atoms with Gasteiger partial charge in [0.05, 0.1) is 10.4 Å². The van der Waals surface area contributed by atoms with Gasteiger partial charge in [0, 0.05) is 6.20 Å². The summed E-state index contributed by atoms with van der Waals surface area (Å²) in [6.07, 6.45) is -5.98. The van der Waals surface area contributed by atoms with Crippen LogP contribution in [-0.2, 0) is 0 Å². The maximum absolute atomic E-state index is 11.7. The van der Waals surface area contributed by atoms with E-state index >= 15 is 0 Å². The van der Waals surface area contributed by atoms with E-state index < -0.39 is 12.3 Å². The fraction of sp³-hybridized carbons (Fsp3) is 0.400. The van der Waals surface area contributed by atoms with Gasteiger partial charge in [0.1, 0.15) is 0 Å². The molecule has 0 spiro atoms. The number of alkyl halides is 3. The van der Waals surface area contributed by atoms with Gasteiger partial charge in [-0.25, -0.2) is 0 Å². The zero-order chi connectivity index (χ0) is 8.48. The van der Waals surface area contributed by atoms with Crippen molar-refractivity contribution in [2.75, 3.05) is 0 Å². The molecule has 0 aliphatic rings. The van der Waals surface area contributed by atoms with Crippen molar-refractivity contribution in [3.05, 3.63) is 16.6 Å². The molecule has 0 aromatic carbocycles. The van der Waals surface area contributed by atoms with E-state index in [0.717, 1.165) is 17.5 Å². The summed E-state index contributed by atoms with van der Waals surface area (Å²) in [6, 6.07) is 0. The second kappa shape index (κ2) is 2.78. The zero-order valence-corrected chi connectivity index (χ0v) is 5.99. The number of halogens is 3. The molecule has 0 aliphatic carbocycles. The SMILES string of the molecule is O[C@@H](c1cncs1)C(F)(F)F. The van der Waals surface area contributed by atoms with Crippen LogP contribution < -0.4 is 0 Å². The van der Waals surface area contributed by atoms with E-state index in [1.54, 1.807) is 0 Å². The van der Waals surface area contributed by atoms with Crippen LogP contribution >= 0.6 is 11.3 Å². The van der Waals surface area contributed by atoms with Crippen molar-refractivity contribution >= 4 is 11.3 Å². The van der Waals surface area contributed by atoms with Gasteiger partial charge in [-0.1, -0.05) is 0 Å². The van der Waals surface area contributed by atoms with Gasteiger partial charge in [-0.3, -0.25) is 4.98 Å². The van der Waals surface area contributed by atoms with Gasteiger partial charge < -0.3 is 5.11 Å². The van der Waals surface area contributed by atoms with Gasteiger partial charge in [0.15, 0.2) is 6.10 Å². The first-order valence-corrected chi connectivity index (χ1v) is 3.53. The van der Waals surface area contributed by atoms with Crippen LogP contribution in [-0.4, -0.2) is 16.3 Å². The minimum absolute atomic E-state index is 0.183. The van der Waals surface area contributed by atoms with Gasteiger partial charge in [0.25, 0.3) is 0 Å². The minimum Gasteiger partial charge on any atom is -0.379 e. The number of aliphatic hydroxyl groups is 1. The maximum atomic E-state index is 11.7. The van der Waals surface area contributed by atoms with Crippen molar-refractivity contribution in [2.24, 2.45) is 0 Å². The van der Waals surface area contributed by atoms with E-state index in [0.29, 0.717) is 0 Å². The van der Waals surface area contributed by atoms with Crippen molar-refractivity contribution in [1.82, 2.24) is 4.98 Å². The van der Waals surface area contributed by atoms with Crippen molar-refractivity contribution in [2.45, 2.75) is 12.3 Å². The fourth-order valence-electron chi connectivity index (χ4n) is 0.522. The lowest BCUT2D eigenvalue weighted by atomic mass is 10.3. The summed E-state index contributed by atoms with van der Waals surface area (Å²) in [5, 5.41) is 8.59. The fourth-order valence-corrected chi connectivity index (χ4v) is 1.15. The Balaban J connectivity index is 2.78. The Morgan fingerprint density at radius 2 is 2.18 bits per heavy atom. The molecule has 1 heterocycles. The number of nitrogens with zero attached hydrogens (tertiary/aromatic N) is 1. The molecule has 0 radical (unpaired) electrons. The van der Waals surface area contributed by atoms with Gasteiger partial charge in [-0.05, 0) is 0 Å². The molecule has 1 N–H and O–H groups in total. The Hall–Kier alpha value is -0.620. The van der Waals surface area contributed by atoms with Crippen LogP contribution in [0.5, 0.6) is 0 Å². The molecule has 0 amide bonds. The van der Waals surface area contributed by atoms with Crippen LogP contribution in [0.25, 0.3) is 0 Å². The average molecular weight is 183 g/mol. The summed E-state index contributed by atoms with van der Waals surface area (Å²) in [5.74, 6) is 0. The van der Waals surface area contributed by atoms with Crippen LogP contribution in [0.1, 0.15) is 11.0 Å². The molecule has 1 rings (SSSR count). The second-order valence-corrected chi connectivity index (χ2v) is 2.77. The van der Waals surface area contributed by atoms with Crippen LogP contribution in [0.4, 0.5) is 13.2 Å². The van der Waals surface area contributed by atoms with Gasteiger partial charge in [-0.15, -0.1) is 11.3 Å². The third kappa shape index (κ3) is 1.90. The molecule has 0 saturated heterocycles. The number of rotatable bonds is 1. The second-order valence-electron chi connectivity index (χ2n) is 1.85. The third-order valence-corrected chi connectivity index (χ3v) is 1.86. The summed E-state index contributed by atoms with van der Waals surface area (Å²) in [7, 11) is 0. The van der Waals surface area contributed by atoms with E-state index in [4.69, 9.17) is 5.11 Å². The van der Waals surface area contributed by atoms with Crippen LogP contribution in [0.15, 0.2) is 11.7 Å². The maximum Gasteiger partial charge on any atom is 0.419 e. The largest absolute Gasteiger partial charge is 0.419 e. The van der Waals surface area contributed by atoms with Gasteiger partial charge in [0.2, 0.25) is 0 Å². The molecule has 6 heteroatoms. The summed E-state index contributed by atoms with van der Waals surface area (Å²) < 4.78 is 35.2. The molecule has 0 unspecified atom stereocenters. The van der Waals surface area contributed by atoms with Crippen molar-refractivity contribution in [1.29, 1.82) is 0 Å². The molecule has 1 aromatic rings. The molecule has 11 heavy (non-hydrogen) atoms. The average Bonchev–Trinajstić information content (AvgIpc) is 2.34.